The first-order valence-electron chi connectivity index (χ1n) is 10.2. The molecule has 0 aliphatic carbocycles. The average molecular weight is 433 g/mol. The molecule has 1 heterocycles. The molecule has 0 aliphatic heterocycles. The molecule has 1 aromatic carbocycles. The number of carbonyl (C=O) groups is 2. The first-order valence-corrected chi connectivity index (χ1v) is 11.1. The van der Waals surface area contributed by atoms with Crippen LogP contribution in [0.1, 0.15) is 57.8 Å². The summed E-state index contributed by atoms with van der Waals surface area (Å²) in [7, 11) is 0. The maximum Gasteiger partial charge on any atom is 0.408 e. The van der Waals surface area contributed by atoms with E-state index in [0.29, 0.717) is 17.5 Å². The molecule has 1 unspecified atom stereocenters. The zero-order valence-electron chi connectivity index (χ0n) is 18.1. The minimum absolute atomic E-state index is 0.150. The summed E-state index contributed by atoms with van der Waals surface area (Å²) in [5, 5.41) is 8.09. The molecule has 0 fully saturated rings. The molecule has 4 N–H and O–H groups in total. The Morgan fingerprint density at radius 2 is 1.73 bits per heavy atom. The number of thiazole rings is 1. The number of alkyl carbamates (subject to hydrolysis) is 1. The number of anilines is 1. The Balaban J connectivity index is 2.02. The van der Waals surface area contributed by atoms with Crippen molar-refractivity contribution in [1.29, 1.82) is 0 Å². The van der Waals surface area contributed by atoms with Crippen LogP contribution in [-0.4, -0.2) is 23.0 Å². The highest BCUT2D eigenvalue weighted by atomic mass is 32.1. The van der Waals surface area contributed by atoms with Crippen LogP contribution in [0, 0.1) is 11.8 Å². The molecule has 0 aliphatic rings. The first kappa shape index (κ1) is 23.7. The number of nitrogen functional groups attached to an aromatic ring is 1. The van der Waals surface area contributed by atoms with Crippen molar-refractivity contribution in [2.75, 3.05) is 5.73 Å². The third kappa shape index (κ3) is 8.02. The van der Waals surface area contributed by atoms with Crippen molar-refractivity contribution in [3.63, 3.8) is 0 Å². The first-order chi connectivity index (χ1) is 14.2. The number of benzene rings is 1. The Hall–Kier alpha value is -2.61. The van der Waals surface area contributed by atoms with Gasteiger partial charge >= 0.3 is 6.09 Å². The summed E-state index contributed by atoms with van der Waals surface area (Å²) in [6.45, 7) is 8.32. The highest BCUT2D eigenvalue weighted by Gasteiger charge is 2.26. The number of aromatic nitrogens is 1. The fourth-order valence-corrected chi connectivity index (χ4v) is 3.68. The van der Waals surface area contributed by atoms with Crippen LogP contribution < -0.4 is 16.4 Å². The van der Waals surface area contributed by atoms with Crippen LogP contribution in [0.3, 0.4) is 0 Å². The van der Waals surface area contributed by atoms with Gasteiger partial charge in [0.05, 0.1) is 11.7 Å². The van der Waals surface area contributed by atoms with Gasteiger partial charge in [-0.25, -0.2) is 9.78 Å². The number of hydrogen-bond acceptors (Lipinski definition) is 6. The molecule has 0 spiro atoms. The molecule has 0 saturated heterocycles. The Morgan fingerprint density at radius 1 is 1.07 bits per heavy atom. The molecule has 8 heteroatoms. The molecule has 164 valence electrons. The van der Waals surface area contributed by atoms with E-state index in [9.17, 15) is 9.59 Å². The number of hydrogen-bond donors (Lipinski definition) is 3. The summed E-state index contributed by atoms with van der Waals surface area (Å²) in [4.78, 5) is 29.7. The van der Waals surface area contributed by atoms with Crippen LogP contribution in [0.4, 0.5) is 9.93 Å². The van der Waals surface area contributed by atoms with Gasteiger partial charge in [-0.05, 0) is 30.2 Å². The van der Waals surface area contributed by atoms with Crippen molar-refractivity contribution >= 4 is 28.5 Å². The second-order valence-electron chi connectivity index (χ2n) is 8.19. The molecule has 2 amide bonds. The van der Waals surface area contributed by atoms with Gasteiger partial charge in [0.2, 0.25) is 5.91 Å². The highest BCUT2D eigenvalue weighted by Crippen LogP contribution is 2.24. The van der Waals surface area contributed by atoms with E-state index in [1.165, 1.54) is 11.3 Å². The van der Waals surface area contributed by atoms with Gasteiger partial charge in [0.15, 0.2) is 5.13 Å². The van der Waals surface area contributed by atoms with Crippen LogP contribution in [0.2, 0.25) is 0 Å². The Labute approximate surface area is 182 Å². The topological polar surface area (TPSA) is 106 Å². The number of carbonyl (C=O) groups excluding carboxylic acids is 2. The normalized spacial score (nSPS) is 13.1. The van der Waals surface area contributed by atoms with E-state index in [1.54, 1.807) is 0 Å². The number of nitrogens with zero attached hydrogens (tertiary/aromatic N) is 1. The summed E-state index contributed by atoms with van der Waals surface area (Å²) in [5.74, 6) is 0.316. The second-order valence-corrected chi connectivity index (χ2v) is 9.08. The third-order valence-electron chi connectivity index (χ3n) is 4.45. The van der Waals surface area contributed by atoms with E-state index < -0.39 is 12.1 Å². The summed E-state index contributed by atoms with van der Waals surface area (Å²) in [6.07, 6.45) is 0.611. The van der Waals surface area contributed by atoms with Gasteiger partial charge < -0.3 is 21.1 Å². The highest BCUT2D eigenvalue weighted by molar-refractivity contribution is 7.13. The molecular formula is C22H32N4O3S. The number of ether oxygens (including phenoxy) is 1. The average Bonchev–Trinajstić information content (AvgIpc) is 3.12. The molecule has 7 nitrogen and oxygen atoms in total. The molecule has 30 heavy (non-hydrogen) atoms. The van der Waals surface area contributed by atoms with E-state index in [2.05, 4.69) is 29.5 Å². The van der Waals surface area contributed by atoms with Gasteiger partial charge in [-0.2, -0.15) is 0 Å². The van der Waals surface area contributed by atoms with Gasteiger partial charge in [0.25, 0.3) is 0 Å². The van der Waals surface area contributed by atoms with Gasteiger partial charge in [0, 0.05) is 5.38 Å². The van der Waals surface area contributed by atoms with E-state index in [1.807, 2.05) is 49.6 Å². The monoisotopic (exact) mass is 432 g/mol. The lowest BCUT2D eigenvalue weighted by molar-refractivity contribution is -0.124. The summed E-state index contributed by atoms with van der Waals surface area (Å²) in [6, 6.07) is 8.46. The van der Waals surface area contributed by atoms with Gasteiger partial charge in [-0.15, -0.1) is 11.3 Å². The van der Waals surface area contributed by atoms with Gasteiger partial charge in [0.1, 0.15) is 12.6 Å². The number of nitrogens with one attached hydrogen (secondary N) is 2. The largest absolute Gasteiger partial charge is 0.445 e. The molecule has 0 bridgehead atoms. The fourth-order valence-electron chi connectivity index (χ4n) is 3.07. The summed E-state index contributed by atoms with van der Waals surface area (Å²) >= 11 is 1.35. The molecule has 1 aromatic heterocycles. The standard InChI is InChI=1S/C22H32N4O3S/c1-14(2)10-17(19-13-30-21(23)25-19)24-20(27)18(11-15(3)4)26-22(28)29-12-16-8-6-5-7-9-16/h5-9,13-15,17-18H,10-12H2,1-4H3,(H2,23,25)(H,24,27)(H,26,28)/t17?,18-/m0/s1. The predicted octanol–water partition coefficient (Wildman–Crippen LogP) is 4.27. The molecular weight excluding hydrogens is 400 g/mol. The summed E-state index contributed by atoms with van der Waals surface area (Å²) in [5.41, 5.74) is 7.40. The smallest absolute Gasteiger partial charge is 0.408 e. The molecule has 2 atom stereocenters. The third-order valence-corrected chi connectivity index (χ3v) is 5.14. The van der Waals surface area contributed by atoms with Crippen LogP contribution in [0.5, 0.6) is 0 Å². The lowest BCUT2D eigenvalue weighted by atomic mass is 9.99. The molecule has 0 radical (unpaired) electrons. The van der Waals surface area contributed by atoms with Crippen LogP contribution in [-0.2, 0) is 16.1 Å². The maximum atomic E-state index is 13.0. The van der Waals surface area contributed by atoms with Crippen LogP contribution >= 0.6 is 11.3 Å². The SMILES string of the molecule is CC(C)CC(NC(=O)[C@H](CC(C)C)NC(=O)OCc1ccccc1)c1csc(N)n1. The van der Waals surface area contributed by atoms with Crippen molar-refractivity contribution in [3.8, 4) is 0 Å². The maximum absolute atomic E-state index is 13.0. The quantitative estimate of drug-likeness (QED) is 0.520. The van der Waals surface area contributed by atoms with Crippen LogP contribution in [0.15, 0.2) is 35.7 Å². The lowest BCUT2D eigenvalue weighted by Crippen LogP contribution is -2.48. The van der Waals surface area contributed by atoms with Crippen LogP contribution in [0.25, 0.3) is 0 Å². The fraction of sp³-hybridized carbons (Fsp3) is 0.500. The number of amides is 2. The lowest BCUT2D eigenvalue weighted by Gasteiger charge is -2.24. The van der Waals surface area contributed by atoms with Crippen molar-refractivity contribution in [3.05, 3.63) is 47.0 Å². The molecule has 2 aromatic rings. The zero-order chi connectivity index (χ0) is 22.1. The van der Waals surface area contributed by atoms with Crippen molar-refractivity contribution in [2.45, 2.75) is 59.2 Å². The summed E-state index contributed by atoms with van der Waals surface area (Å²) < 4.78 is 5.29. The molecule has 0 saturated carbocycles. The molecule has 2 rings (SSSR count). The zero-order valence-corrected chi connectivity index (χ0v) is 18.9. The Morgan fingerprint density at radius 3 is 2.30 bits per heavy atom. The Bertz CT molecular complexity index is 808. The number of rotatable bonds is 10. The van der Waals surface area contributed by atoms with E-state index in [-0.39, 0.29) is 24.5 Å². The van der Waals surface area contributed by atoms with E-state index in [4.69, 9.17) is 10.5 Å². The van der Waals surface area contributed by atoms with Gasteiger partial charge in [-0.1, -0.05) is 58.0 Å². The number of nitrogens with two attached hydrogens (primary N) is 1. The van der Waals surface area contributed by atoms with Gasteiger partial charge in [-0.3, -0.25) is 4.79 Å². The predicted molar refractivity (Wildman–Crippen MR) is 120 cm³/mol. The van der Waals surface area contributed by atoms with Crippen molar-refractivity contribution in [2.24, 2.45) is 11.8 Å². The minimum atomic E-state index is -0.695. The second kappa shape index (κ2) is 11.5. The van der Waals surface area contributed by atoms with Crippen molar-refractivity contribution < 1.29 is 14.3 Å². The Kier molecular flexibility index (Phi) is 9.11. The van der Waals surface area contributed by atoms with Crippen molar-refractivity contribution in [1.82, 2.24) is 15.6 Å². The van der Waals surface area contributed by atoms with E-state index >= 15 is 0 Å². The van der Waals surface area contributed by atoms with E-state index in [0.717, 1.165) is 17.7 Å². The minimum Gasteiger partial charge on any atom is -0.445 e.